The van der Waals surface area contributed by atoms with Crippen LogP contribution in [0.5, 0.6) is 5.75 Å². The molecule has 1 aliphatic rings. The summed E-state index contributed by atoms with van der Waals surface area (Å²) in [4.78, 5) is 22.2. The minimum absolute atomic E-state index is 0.115. The van der Waals surface area contributed by atoms with Gasteiger partial charge in [0.1, 0.15) is 10.8 Å². The smallest absolute Gasteiger partial charge is 0.307 e. The minimum Gasteiger partial charge on any atom is -0.494 e. The molecule has 2 heterocycles. The monoisotopic (exact) mass is 507 g/mol. The molecule has 3 atom stereocenters. The molecule has 0 fully saturated rings. The molecule has 0 amide bonds. The van der Waals surface area contributed by atoms with E-state index in [1.54, 1.807) is 11.3 Å². The van der Waals surface area contributed by atoms with Crippen LogP contribution in [0.15, 0.2) is 36.5 Å². The summed E-state index contributed by atoms with van der Waals surface area (Å²) < 4.78 is 6.02. The molecule has 1 aromatic carbocycles. The second kappa shape index (κ2) is 12.0. The van der Waals surface area contributed by atoms with E-state index in [0.29, 0.717) is 13.0 Å². The number of aliphatic carboxylic acids is 1. The molecular weight excluding hydrogens is 470 g/mol. The van der Waals surface area contributed by atoms with Gasteiger partial charge in [-0.2, -0.15) is 0 Å². The van der Waals surface area contributed by atoms with Crippen molar-refractivity contribution in [2.45, 2.75) is 71.8 Å². The number of fused-ring (bicyclic) bond motifs is 1. The minimum atomic E-state index is -0.690. The van der Waals surface area contributed by atoms with Gasteiger partial charge >= 0.3 is 5.97 Å². The third kappa shape index (κ3) is 5.95. The molecule has 0 bridgehead atoms. The van der Waals surface area contributed by atoms with Gasteiger partial charge in [-0.05, 0) is 93.8 Å². The molecule has 192 valence electrons. The third-order valence-electron chi connectivity index (χ3n) is 7.29. The topological polar surface area (TPSA) is 84.3 Å². The second-order valence-electron chi connectivity index (χ2n) is 9.61. The zero-order chi connectivity index (χ0) is 25.7. The van der Waals surface area contributed by atoms with Crippen LogP contribution in [0.1, 0.15) is 78.9 Å². The molecule has 0 spiro atoms. The van der Waals surface area contributed by atoms with Crippen LogP contribution in [0, 0.1) is 19.8 Å². The Balaban J connectivity index is 1.25. The summed E-state index contributed by atoms with van der Waals surface area (Å²) in [7, 11) is 0. The van der Waals surface area contributed by atoms with Crippen LogP contribution in [-0.2, 0) is 11.2 Å². The second-order valence-corrected chi connectivity index (χ2v) is 10.8. The van der Waals surface area contributed by atoms with Crippen LogP contribution in [-0.4, -0.2) is 34.2 Å². The van der Waals surface area contributed by atoms with Crippen LogP contribution in [0.3, 0.4) is 0 Å². The number of nitrogens with zero attached hydrogens (tertiary/aromatic N) is 2. The molecule has 4 rings (SSSR count). The summed E-state index contributed by atoms with van der Waals surface area (Å²) in [5, 5.41) is 14.2. The standard InChI is InChI=1S/C29H37N3O3S/c1-5-23(29(33)34)25-11-8-20-16-22(10-12-24(20)25)35-15-7-14-30-26(6-2)27-13-9-21(17-31-27)28-32-18(3)19(4)36-28/h9-10,12-13,16-17,23,25-26,30H,5-8,11,14-15H2,1-4H3,(H,33,34)/t23?,25-,26?/m0/s1. The zero-order valence-corrected chi connectivity index (χ0v) is 22.5. The van der Waals surface area contributed by atoms with Gasteiger partial charge in [-0.3, -0.25) is 9.78 Å². The van der Waals surface area contributed by atoms with Crippen molar-refractivity contribution in [3.63, 3.8) is 0 Å². The predicted octanol–water partition coefficient (Wildman–Crippen LogP) is 6.47. The van der Waals surface area contributed by atoms with Crippen molar-refractivity contribution in [2.75, 3.05) is 13.2 Å². The SMILES string of the molecule is CCC(NCCCOc1ccc2c(c1)CC[C@H]2C(CC)C(=O)O)c1ccc(-c2nc(C)c(C)s2)cn1. The molecule has 36 heavy (non-hydrogen) atoms. The van der Waals surface area contributed by atoms with Gasteiger partial charge in [0.25, 0.3) is 0 Å². The van der Waals surface area contributed by atoms with Crippen LogP contribution in [0.25, 0.3) is 10.6 Å². The first-order chi connectivity index (χ1) is 17.4. The summed E-state index contributed by atoms with van der Waals surface area (Å²) >= 11 is 1.71. The normalized spacial score (nSPS) is 16.5. The Labute approximate surface area is 218 Å². The van der Waals surface area contributed by atoms with Crippen molar-refractivity contribution in [3.05, 3.63) is 63.9 Å². The van der Waals surface area contributed by atoms with Gasteiger partial charge in [0.15, 0.2) is 0 Å². The molecule has 3 aromatic rings. The number of rotatable bonds is 12. The number of carbonyl (C=O) groups is 1. The Morgan fingerprint density at radius 3 is 2.69 bits per heavy atom. The highest BCUT2D eigenvalue weighted by atomic mass is 32.1. The van der Waals surface area contributed by atoms with E-state index in [4.69, 9.17) is 9.72 Å². The van der Waals surface area contributed by atoms with E-state index in [1.165, 1.54) is 16.0 Å². The number of pyridine rings is 1. The molecule has 2 unspecified atom stereocenters. The van der Waals surface area contributed by atoms with Crippen LogP contribution >= 0.6 is 11.3 Å². The Bertz CT molecular complexity index is 1160. The Hall–Kier alpha value is -2.77. The summed E-state index contributed by atoms with van der Waals surface area (Å²) in [6.45, 7) is 9.75. The van der Waals surface area contributed by atoms with E-state index in [0.717, 1.165) is 59.9 Å². The highest BCUT2D eigenvalue weighted by molar-refractivity contribution is 7.15. The van der Waals surface area contributed by atoms with Crippen molar-refractivity contribution < 1.29 is 14.6 Å². The number of carboxylic acid groups (broad SMARTS) is 1. The average molecular weight is 508 g/mol. The lowest BCUT2D eigenvalue weighted by Crippen LogP contribution is -2.24. The van der Waals surface area contributed by atoms with E-state index >= 15 is 0 Å². The predicted molar refractivity (Wildman–Crippen MR) is 145 cm³/mol. The number of aromatic nitrogens is 2. The number of carboxylic acids is 1. The summed E-state index contributed by atoms with van der Waals surface area (Å²) in [5.41, 5.74) is 5.62. The molecule has 0 radical (unpaired) electrons. The average Bonchev–Trinajstić information content (AvgIpc) is 3.44. The van der Waals surface area contributed by atoms with Gasteiger partial charge in [0.05, 0.1) is 23.9 Å². The number of nitrogens with one attached hydrogen (secondary N) is 1. The fraction of sp³-hybridized carbons (Fsp3) is 0.483. The lowest BCUT2D eigenvalue weighted by Gasteiger charge is -2.19. The number of hydrogen-bond acceptors (Lipinski definition) is 6. The Morgan fingerprint density at radius 2 is 2.06 bits per heavy atom. The number of ether oxygens (including phenoxy) is 1. The van der Waals surface area contributed by atoms with E-state index in [9.17, 15) is 9.90 Å². The first-order valence-corrected chi connectivity index (χ1v) is 13.8. The molecule has 0 saturated heterocycles. The number of hydrogen-bond donors (Lipinski definition) is 2. The third-order valence-corrected chi connectivity index (χ3v) is 8.41. The van der Waals surface area contributed by atoms with Crippen LogP contribution in [0.4, 0.5) is 0 Å². The summed E-state index contributed by atoms with van der Waals surface area (Å²) in [5.74, 6) is -0.00891. The fourth-order valence-corrected chi connectivity index (χ4v) is 6.00. The Morgan fingerprint density at radius 1 is 1.22 bits per heavy atom. The molecule has 6 nitrogen and oxygen atoms in total. The molecule has 2 N–H and O–H groups in total. The van der Waals surface area contributed by atoms with E-state index in [-0.39, 0.29) is 17.9 Å². The molecular formula is C29H37N3O3S. The van der Waals surface area contributed by atoms with Crippen LogP contribution in [0.2, 0.25) is 0 Å². The lowest BCUT2D eigenvalue weighted by molar-refractivity contribution is -0.142. The maximum Gasteiger partial charge on any atom is 0.307 e. The molecule has 0 saturated carbocycles. The highest BCUT2D eigenvalue weighted by Crippen LogP contribution is 2.41. The van der Waals surface area contributed by atoms with Gasteiger partial charge in [-0.25, -0.2) is 4.98 Å². The Kier molecular flexibility index (Phi) is 8.75. The van der Waals surface area contributed by atoms with Gasteiger partial charge < -0.3 is 15.2 Å². The van der Waals surface area contributed by atoms with Crippen molar-refractivity contribution in [2.24, 2.45) is 5.92 Å². The van der Waals surface area contributed by atoms with E-state index in [1.807, 2.05) is 26.1 Å². The number of thiazole rings is 1. The highest BCUT2D eigenvalue weighted by Gasteiger charge is 2.33. The van der Waals surface area contributed by atoms with Crippen molar-refractivity contribution in [3.8, 4) is 16.3 Å². The number of aryl methyl sites for hydroxylation is 3. The molecule has 1 aliphatic carbocycles. The van der Waals surface area contributed by atoms with Gasteiger partial charge in [-0.1, -0.05) is 19.9 Å². The first kappa shape index (κ1) is 26.3. The molecule has 2 aromatic heterocycles. The van der Waals surface area contributed by atoms with Crippen molar-refractivity contribution >= 4 is 17.3 Å². The quantitative estimate of drug-likeness (QED) is 0.273. The van der Waals surface area contributed by atoms with Crippen molar-refractivity contribution in [1.82, 2.24) is 15.3 Å². The van der Waals surface area contributed by atoms with Gasteiger partial charge in [-0.15, -0.1) is 11.3 Å². The lowest BCUT2D eigenvalue weighted by atomic mass is 9.85. The van der Waals surface area contributed by atoms with Crippen molar-refractivity contribution in [1.29, 1.82) is 0 Å². The largest absolute Gasteiger partial charge is 0.494 e. The van der Waals surface area contributed by atoms with E-state index < -0.39 is 5.97 Å². The fourth-order valence-electron chi connectivity index (χ4n) is 5.10. The zero-order valence-electron chi connectivity index (χ0n) is 21.7. The summed E-state index contributed by atoms with van der Waals surface area (Å²) in [6, 6.07) is 10.6. The van der Waals surface area contributed by atoms with E-state index in [2.05, 4.69) is 48.4 Å². The molecule has 7 heteroatoms. The first-order valence-electron chi connectivity index (χ1n) is 13.0. The maximum absolute atomic E-state index is 11.6. The van der Waals surface area contributed by atoms with Gasteiger partial charge in [0, 0.05) is 22.7 Å². The van der Waals surface area contributed by atoms with Crippen LogP contribution < -0.4 is 10.1 Å². The number of benzene rings is 1. The summed E-state index contributed by atoms with van der Waals surface area (Å²) in [6.07, 6.45) is 6.28. The maximum atomic E-state index is 11.6. The van der Waals surface area contributed by atoms with Gasteiger partial charge in [0.2, 0.25) is 0 Å². The molecule has 0 aliphatic heterocycles.